The summed E-state index contributed by atoms with van der Waals surface area (Å²) >= 11 is 3.12. The summed E-state index contributed by atoms with van der Waals surface area (Å²) in [7, 11) is 0. The minimum absolute atomic E-state index is 0.454. The molecule has 0 bridgehead atoms. The quantitative estimate of drug-likeness (QED) is 0.841. The molecule has 0 spiro atoms. The molecule has 0 aromatic carbocycles. The Bertz CT molecular complexity index is 358. The molecule has 5 heteroatoms. The molecule has 0 saturated carbocycles. The highest BCUT2D eigenvalue weighted by Gasteiger charge is 2.07. The number of aromatic nitrogens is 1. The smallest absolute Gasteiger partial charge is 0.182 e. The summed E-state index contributed by atoms with van der Waals surface area (Å²) in [6.07, 6.45) is 1.29. The molecule has 0 radical (unpaired) electrons. The molecule has 2 heterocycles. The number of rotatable bonds is 4. The Morgan fingerprint density at radius 2 is 2.43 bits per heavy atom. The van der Waals surface area contributed by atoms with Crippen LogP contribution in [0.3, 0.4) is 0 Å². The Kier molecular flexibility index (Phi) is 3.13. The second-order valence-corrected chi connectivity index (χ2v) is 4.47. The zero-order chi connectivity index (χ0) is 9.80. The van der Waals surface area contributed by atoms with Crippen LogP contribution in [0.1, 0.15) is 11.7 Å². The first-order chi connectivity index (χ1) is 6.86. The van der Waals surface area contributed by atoms with E-state index in [-0.39, 0.29) is 0 Å². The standard InChI is InChI=1S/C9H10N2OS2/c12-8(7-1-3-13-6-7)5-11-9-10-2-4-14-9/h1-4,6,8,12H,5H2,(H,10,11). The van der Waals surface area contributed by atoms with E-state index in [1.165, 1.54) is 11.3 Å². The van der Waals surface area contributed by atoms with E-state index in [4.69, 9.17) is 0 Å². The number of thiazole rings is 1. The molecule has 1 atom stereocenters. The van der Waals surface area contributed by atoms with Crippen molar-refractivity contribution in [1.29, 1.82) is 0 Å². The highest BCUT2D eigenvalue weighted by atomic mass is 32.1. The minimum Gasteiger partial charge on any atom is -0.387 e. The average Bonchev–Trinajstić information content (AvgIpc) is 2.87. The Hall–Kier alpha value is -0.910. The van der Waals surface area contributed by atoms with Crippen molar-refractivity contribution in [3.8, 4) is 0 Å². The number of aliphatic hydroxyl groups excluding tert-OH is 1. The second kappa shape index (κ2) is 4.54. The minimum atomic E-state index is -0.454. The summed E-state index contributed by atoms with van der Waals surface area (Å²) in [5.41, 5.74) is 0.957. The van der Waals surface area contributed by atoms with E-state index < -0.39 is 6.10 Å². The van der Waals surface area contributed by atoms with Gasteiger partial charge in [-0.2, -0.15) is 11.3 Å². The molecule has 0 saturated heterocycles. The molecule has 0 aliphatic carbocycles. The Balaban J connectivity index is 1.87. The van der Waals surface area contributed by atoms with Crippen molar-refractivity contribution < 1.29 is 5.11 Å². The van der Waals surface area contributed by atoms with Gasteiger partial charge in [0.15, 0.2) is 5.13 Å². The first kappa shape index (κ1) is 9.64. The molecular weight excluding hydrogens is 216 g/mol. The summed E-state index contributed by atoms with van der Waals surface area (Å²) in [6, 6.07) is 1.93. The molecule has 2 aromatic rings. The van der Waals surface area contributed by atoms with Crippen molar-refractivity contribution in [3.05, 3.63) is 34.0 Å². The SMILES string of the molecule is OC(CNc1nccs1)c1ccsc1. The van der Waals surface area contributed by atoms with E-state index in [9.17, 15) is 5.11 Å². The van der Waals surface area contributed by atoms with E-state index in [2.05, 4.69) is 10.3 Å². The third kappa shape index (κ3) is 2.31. The van der Waals surface area contributed by atoms with Gasteiger partial charge < -0.3 is 10.4 Å². The fourth-order valence-corrected chi connectivity index (χ4v) is 2.32. The molecule has 2 aromatic heterocycles. The predicted molar refractivity (Wildman–Crippen MR) is 59.9 cm³/mol. The van der Waals surface area contributed by atoms with Crippen LogP contribution < -0.4 is 5.32 Å². The van der Waals surface area contributed by atoms with Gasteiger partial charge in [0, 0.05) is 18.1 Å². The maximum Gasteiger partial charge on any atom is 0.182 e. The van der Waals surface area contributed by atoms with Crippen molar-refractivity contribution in [1.82, 2.24) is 4.98 Å². The normalized spacial score (nSPS) is 12.6. The number of hydrogen-bond donors (Lipinski definition) is 2. The molecular formula is C9H10N2OS2. The number of thiophene rings is 1. The molecule has 3 nitrogen and oxygen atoms in total. The summed E-state index contributed by atoms with van der Waals surface area (Å²) in [5.74, 6) is 0. The molecule has 0 fully saturated rings. The number of nitrogens with zero attached hydrogens (tertiary/aromatic N) is 1. The molecule has 14 heavy (non-hydrogen) atoms. The Labute approximate surface area is 90.1 Å². The molecule has 0 aliphatic rings. The van der Waals surface area contributed by atoms with Crippen molar-refractivity contribution in [2.45, 2.75) is 6.10 Å². The van der Waals surface area contributed by atoms with Gasteiger partial charge in [-0.05, 0) is 22.4 Å². The van der Waals surface area contributed by atoms with Crippen LogP contribution >= 0.6 is 22.7 Å². The van der Waals surface area contributed by atoms with Gasteiger partial charge in [-0.1, -0.05) is 0 Å². The summed E-state index contributed by atoms with van der Waals surface area (Å²) in [5, 5.41) is 19.5. The van der Waals surface area contributed by atoms with Crippen LogP contribution in [0.15, 0.2) is 28.4 Å². The molecule has 2 rings (SSSR count). The maximum absolute atomic E-state index is 9.73. The van der Waals surface area contributed by atoms with E-state index in [1.54, 1.807) is 17.5 Å². The molecule has 74 valence electrons. The van der Waals surface area contributed by atoms with Crippen LogP contribution in [0.5, 0.6) is 0 Å². The van der Waals surface area contributed by atoms with E-state index in [0.29, 0.717) is 6.54 Å². The van der Waals surface area contributed by atoms with E-state index >= 15 is 0 Å². The fraction of sp³-hybridized carbons (Fsp3) is 0.222. The van der Waals surface area contributed by atoms with Gasteiger partial charge in [0.1, 0.15) is 0 Å². The highest BCUT2D eigenvalue weighted by Crippen LogP contribution is 2.17. The Morgan fingerprint density at radius 3 is 3.07 bits per heavy atom. The van der Waals surface area contributed by atoms with Crippen molar-refractivity contribution in [3.63, 3.8) is 0 Å². The molecule has 2 N–H and O–H groups in total. The van der Waals surface area contributed by atoms with Gasteiger partial charge in [0.25, 0.3) is 0 Å². The zero-order valence-corrected chi connectivity index (χ0v) is 9.02. The zero-order valence-electron chi connectivity index (χ0n) is 7.38. The third-order valence-corrected chi connectivity index (χ3v) is 3.24. The lowest BCUT2D eigenvalue weighted by Crippen LogP contribution is -2.11. The highest BCUT2D eigenvalue weighted by molar-refractivity contribution is 7.13. The van der Waals surface area contributed by atoms with Gasteiger partial charge in [0.05, 0.1) is 6.10 Å². The van der Waals surface area contributed by atoms with Crippen LogP contribution in [0, 0.1) is 0 Å². The average molecular weight is 226 g/mol. The molecule has 0 amide bonds. The second-order valence-electron chi connectivity index (χ2n) is 2.79. The monoisotopic (exact) mass is 226 g/mol. The fourth-order valence-electron chi connectivity index (χ4n) is 1.08. The summed E-state index contributed by atoms with van der Waals surface area (Å²) in [4.78, 5) is 4.07. The van der Waals surface area contributed by atoms with E-state index in [1.807, 2.05) is 22.2 Å². The third-order valence-electron chi connectivity index (χ3n) is 1.81. The van der Waals surface area contributed by atoms with Crippen LogP contribution in [-0.4, -0.2) is 16.6 Å². The lowest BCUT2D eigenvalue weighted by Gasteiger charge is -2.08. The predicted octanol–water partition coefficient (Wildman–Crippen LogP) is 2.35. The largest absolute Gasteiger partial charge is 0.387 e. The van der Waals surface area contributed by atoms with Crippen molar-refractivity contribution in [2.75, 3.05) is 11.9 Å². The van der Waals surface area contributed by atoms with Gasteiger partial charge >= 0.3 is 0 Å². The number of aliphatic hydroxyl groups is 1. The van der Waals surface area contributed by atoms with Gasteiger partial charge in [-0.25, -0.2) is 4.98 Å². The first-order valence-electron chi connectivity index (χ1n) is 4.20. The van der Waals surface area contributed by atoms with Crippen molar-refractivity contribution in [2.24, 2.45) is 0 Å². The van der Waals surface area contributed by atoms with E-state index in [0.717, 1.165) is 10.7 Å². The summed E-state index contributed by atoms with van der Waals surface area (Å²) < 4.78 is 0. The molecule has 0 aliphatic heterocycles. The number of anilines is 1. The number of hydrogen-bond acceptors (Lipinski definition) is 5. The Morgan fingerprint density at radius 1 is 1.50 bits per heavy atom. The van der Waals surface area contributed by atoms with Gasteiger partial charge in [0.2, 0.25) is 0 Å². The topological polar surface area (TPSA) is 45.1 Å². The first-order valence-corrected chi connectivity index (χ1v) is 6.02. The van der Waals surface area contributed by atoms with Crippen LogP contribution in [0.2, 0.25) is 0 Å². The molecule has 1 unspecified atom stereocenters. The van der Waals surface area contributed by atoms with Crippen LogP contribution in [-0.2, 0) is 0 Å². The maximum atomic E-state index is 9.73. The van der Waals surface area contributed by atoms with Crippen molar-refractivity contribution >= 4 is 27.8 Å². The lowest BCUT2D eigenvalue weighted by atomic mass is 10.2. The summed E-state index contributed by atoms with van der Waals surface area (Å²) in [6.45, 7) is 0.504. The van der Waals surface area contributed by atoms with Crippen LogP contribution in [0.25, 0.3) is 0 Å². The number of nitrogens with one attached hydrogen (secondary N) is 1. The van der Waals surface area contributed by atoms with Gasteiger partial charge in [-0.3, -0.25) is 0 Å². The lowest BCUT2D eigenvalue weighted by molar-refractivity contribution is 0.192. The van der Waals surface area contributed by atoms with Crippen LogP contribution in [0.4, 0.5) is 5.13 Å². The van der Waals surface area contributed by atoms with Gasteiger partial charge in [-0.15, -0.1) is 11.3 Å².